The molecule has 0 radical (unpaired) electrons. The molecule has 2 rings (SSSR count). The standard InChI is InChI=1S/C17H21F3O5/c1-12(21)4-2-3-5-16-22-10-15(11-23-16)24-13-6-8-14(9-7-13)25-17(18,19)20/h6-9,15-16H,2-5,10-11H2,1H3. The molecule has 1 saturated heterocycles. The molecule has 1 aromatic carbocycles. The zero-order valence-corrected chi connectivity index (χ0v) is 13.9. The molecule has 0 bridgehead atoms. The van der Waals surface area contributed by atoms with Crippen LogP contribution >= 0.6 is 0 Å². The maximum atomic E-state index is 12.1. The van der Waals surface area contributed by atoms with Crippen LogP contribution in [0.5, 0.6) is 11.5 Å². The number of rotatable bonds is 8. The summed E-state index contributed by atoms with van der Waals surface area (Å²) in [5.41, 5.74) is 0. The fourth-order valence-corrected chi connectivity index (χ4v) is 2.36. The molecular formula is C17H21F3O5. The Kier molecular flexibility index (Phi) is 7.07. The Morgan fingerprint density at radius 2 is 1.72 bits per heavy atom. The van der Waals surface area contributed by atoms with Gasteiger partial charge in [-0.25, -0.2) is 0 Å². The largest absolute Gasteiger partial charge is 0.573 e. The van der Waals surface area contributed by atoms with Crippen molar-refractivity contribution in [3.63, 3.8) is 0 Å². The van der Waals surface area contributed by atoms with E-state index in [0.717, 1.165) is 12.8 Å². The first-order valence-corrected chi connectivity index (χ1v) is 8.07. The van der Waals surface area contributed by atoms with Crippen LogP contribution in [0, 0.1) is 0 Å². The number of carbonyl (C=O) groups is 1. The number of unbranched alkanes of at least 4 members (excludes halogenated alkanes) is 1. The van der Waals surface area contributed by atoms with Gasteiger partial charge < -0.3 is 23.7 Å². The molecule has 5 nitrogen and oxygen atoms in total. The lowest BCUT2D eigenvalue weighted by atomic mass is 10.1. The van der Waals surface area contributed by atoms with Crippen molar-refractivity contribution in [1.82, 2.24) is 0 Å². The molecule has 0 aromatic heterocycles. The third kappa shape index (κ3) is 7.74. The normalized spacial score (nSPS) is 21.0. The molecule has 1 aliphatic heterocycles. The molecule has 0 spiro atoms. The van der Waals surface area contributed by atoms with Gasteiger partial charge in [0.1, 0.15) is 23.4 Å². The van der Waals surface area contributed by atoms with Gasteiger partial charge in [-0.2, -0.15) is 0 Å². The van der Waals surface area contributed by atoms with E-state index in [4.69, 9.17) is 14.2 Å². The summed E-state index contributed by atoms with van der Waals surface area (Å²) in [6.07, 6.45) is -2.43. The monoisotopic (exact) mass is 362 g/mol. The van der Waals surface area contributed by atoms with E-state index in [1.807, 2.05) is 0 Å². The van der Waals surface area contributed by atoms with E-state index in [2.05, 4.69) is 4.74 Å². The van der Waals surface area contributed by atoms with Crippen LogP contribution in [-0.2, 0) is 14.3 Å². The minimum atomic E-state index is -4.72. The quantitative estimate of drug-likeness (QED) is 0.658. The van der Waals surface area contributed by atoms with Crippen molar-refractivity contribution in [2.24, 2.45) is 0 Å². The van der Waals surface area contributed by atoms with Crippen molar-refractivity contribution in [3.8, 4) is 11.5 Å². The Bertz CT molecular complexity index is 536. The van der Waals surface area contributed by atoms with Crippen LogP contribution in [-0.4, -0.2) is 37.8 Å². The van der Waals surface area contributed by atoms with Gasteiger partial charge in [0, 0.05) is 6.42 Å². The lowest BCUT2D eigenvalue weighted by molar-refractivity contribution is -0.274. The van der Waals surface area contributed by atoms with Gasteiger partial charge in [-0.05, 0) is 50.5 Å². The molecule has 1 aromatic rings. The maximum absolute atomic E-state index is 12.1. The highest BCUT2D eigenvalue weighted by Gasteiger charge is 2.31. The van der Waals surface area contributed by atoms with Gasteiger partial charge in [0.2, 0.25) is 0 Å². The van der Waals surface area contributed by atoms with Crippen LogP contribution in [0.4, 0.5) is 13.2 Å². The minimum Gasteiger partial charge on any atom is -0.486 e. The number of Topliss-reactive ketones (excluding diaryl/α,β-unsaturated/α-hetero) is 1. The number of hydrogen-bond acceptors (Lipinski definition) is 5. The molecule has 1 aliphatic rings. The average molecular weight is 362 g/mol. The molecule has 0 atom stereocenters. The van der Waals surface area contributed by atoms with Crippen molar-refractivity contribution in [3.05, 3.63) is 24.3 Å². The molecule has 0 saturated carbocycles. The molecule has 25 heavy (non-hydrogen) atoms. The fraction of sp³-hybridized carbons (Fsp3) is 0.588. The molecule has 8 heteroatoms. The number of ether oxygens (including phenoxy) is 4. The SMILES string of the molecule is CC(=O)CCCCC1OCC(Oc2ccc(OC(F)(F)F)cc2)CO1. The molecule has 0 N–H and O–H groups in total. The Labute approximate surface area is 144 Å². The van der Waals surface area contributed by atoms with E-state index in [1.54, 1.807) is 6.92 Å². The van der Waals surface area contributed by atoms with E-state index in [1.165, 1.54) is 24.3 Å². The predicted molar refractivity (Wildman–Crippen MR) is 82.4 cm³/mol. The van der Waals surface area contributed by atoms with Crippen molar-refractivity contribution >= 4 is 5.78 Å². The van der Waals surface area contributed by atoms with Crippen LogP contribution in [0.15, 0.2) is 24.3 Å². The third-order valence-electron chi connectivity index (χ3n) is 3.51. The Morgan fingerprint density at radius 1 is 1.12 bits per heavy atom. The smallest absolute Gasteiger partial charge is 0.486 e. The van der Waals surface area contributed by atoms with Crippen molar-refractivity contribution in [1.29, 1.82) is 0 Å². The zero-order chi connectivity index (χ0) is 18.3. The van der Waals surface area contributed by atoms with Crippen molar-refractivity contribution < 1.29 is 36.9 Å². The highest BCUT2D eigenvalue weighted by molar-refractivity contribution is 5.75. The molecule has 1 heterocycles. The fourth-order valence-electron chi connectivity index (χ4n) is 2.36. The summed E-state index contributed by atoms with van der Waals surface area (Å²) in [4.78, 5) is 10.9. The second-order valence-electron chi connectivity index (χ2n) is 5.80. The minimum absolute atomic E-state index is 0.172. The highest BCUT2D eigenvalue weighted by atomic mass is 19.4. The van der Waals surface area contributed by atoms with E-state index in [-0.39, 0.29) is 23.9 Å². The van der Waals surface area contributed by atoms with E-state index in [0.29, 0.717) is 31.8 Å². The average Bonchev–Trinajstić information content (AvgIpc) is 2.53. The van der Waals surface area contributed by atoms with Gasteiger partial charge in [0.15, 0.2) is 6.29 Å². The molecule has 0 aliphatic carbocycles. The first-order chi connectivity index (χ1) is 11.8. The summed E-state index contributed by atoms with van der Waals surface area (Å²) in [5, 5.41) is 0. The van der Waals surface area contributed by atoms with Crippen LogP contribution in [0.25, 0.3) is 0 Å². The van der Waals surface area contributed by atoms with E-state index < -0.39 is 6.36 Å². The summed E-state index contributed by atoms with van der Waals surface area (Å²) in [6.45, 7) is 2.23. The number of halogens is 3. The second kappa shape index (κ2) is 9.05. The van der Waals surface area contributed by atoms with Gasteiger partial charge in [-0.1, -0.05) is 0 Å². The van der Waals surface area contributed by atoms with Gasteiger partial charge in [0.05, 0.1) is 13.2 Å². The number of alkyl halides is 3. The Morgan fingerprint density at radius 3 is 2.28 bits per heavy atom. The number of benzene rings is 1. The first kappa shape index (κ1) is 19.5. The van der Waals surface area contributed by atoms with Crippen LogP contribution in [0.1, 0.15) is 32.6 Å². The zero-order valence-electron chi connectivity index (χ0n) is 13.9. The number of carbonyl (C=O) groups excluding carboxylic acids is 1. The van der Waals surface area contributed by atoms with Crippen LogP contribution in [0.3, 0.4) is 0 Å². The van der Waals surface area contributed by atoms with Gasteiger partial charge in [0.25, 0.3) is 0 Å². The lowest BCUT2D eigenvalue weighted by Crippen LogP contribution is -2.39. The molecule has 0 amide bonds. The summed E-state index contributed by atoms with van der Waals surface area (Å²) >= 11 is 0. The van der Waals surface area contributed by atoms with Gasteiger partial charge in [-0.15, -0.1) is 13.2 Å². The highest BCUT2D eigenvalue weighted by Crippen LogP contribution is 2.25. The number of ketones is 1. The number of hydrogen-bond donors (Lipinski definition) is 0. The molecular weight excluding hydrogens is 341 g/mol. The Hall–Kier alpha value is -1.80. The molecule has 0 unspecified atom stereocenters. The maximum Gasteiger partial charge on any atom is 0.573 e. The second-order valence-corrected chi connectivity index (χ2v) is 5.80. The third-order valence-corrected chi connectivity index (χ3v) is 3.51. The Balaban J connectivity index is 1.68. The lowest BCUT2D eigenvalue weighted by Gasteiger charge is -2.29. The summed E-state index contributed by atoms with van der Waals surface area (Å²) < 4.78 is 56.8. The van der Waals surface area contributed by atoms with Crippen LogP contribution < -0.4 is 9.47 Å². The van der Waals surface area contributed by atoms with Gasteiger partial charge in [-0.3, -0.25) is 0 Å². The van der Waals surface area contributed by atoms with Crippen molar-refractivity contribution in [2.75, 3.05) is 13.2 Å². The molecule has 1 fully saturated rings. The first-order valence-electron chi connectivity index (χ1n) is 8.07. The van der Waals surface area contributed by atoms with E-state index in [9.17, 15) is 18.0 Å². The van der Waals surface area contributed by atoms with Crippen molar-refractivity contribution in [2.45, 2.75) is 51.4 Å². The topological polar surface area (TPSA) is 54.0 Å². The van der Waals surface area contributed by atoms with Gasteiger partial charge >= 0.3 is 6.36 Å². The predicted octanol–water partition coefficient (Wildman–Crippen LogP) is 3.85. The van der Waals surface area contributed by atoms with E-state index >= 15 is 0 Å². The summed E-state index contributed by atoms with van der Waals surface area (Å²) in [7, 11) is 0. The summed E-state index contributed by atoms with van der Waals surface area (Å²) in [6, 6.07) is 5.17. The molecule has 140 valence electrons. The summed E-state index contributed by atoms with van der Waals surface area (Å²) in [5.74, 6) is 0.277. The van der Waals surface area contributed by atoms with Crippen LogP contribution in [0.2, 0.25) is 0 Å².